The Morgan fingerprint density at radius 1 is 1.30 bits per heavy atom. The van der Waals surface area contributed by atoms with Crippen LogP contribution >= 0.6 is 12.2 Å². The molecule has 0 bridgehead atoms. The maximum absolute atomic E-state index is 5.63. The van der Waals surface area contributed by atoms with Crippen molar-refractivity contribution in [3.8, 4) is 0 Å². The molecule has 0 fully saturated rings. The van der Waals surface area contributed by atoms with Gasteiger partial charge in [0.15, 0.2) is 0 Å². The standard InChI is InChI=1S/C16H19N3S/c1-3-19(14-6-4-5-12(2)9-14)11-13-7-8-18-15(10-13)16(17)20/h4-10H,3,11H2,1-2H3,(H2,17,20). The van der Waals surface area contributed by atoms with E-state index >= 15 is 0 Å². The van der Waals surface area contributed by atoms with E-state index in [-0.39, 0.29) is 0 Å². The van der Waals surface area contributed by atoms with Crippen molar-refractivity contribution in [3.05, 3.63) is 59.4 Å². The zero-order chi connectivity index (χ0) is 14.5. The average Bonchev–Trinajstić information content (AvgIpc) is 2.45. The normalized spacial score (nSPS) is 10.3. The molecule has 0 atom stereocenters. The van der Waals surface area contributed by atoms with Crippen LogP contribution < -0.4 is 10.6 Å². The molecule has 0 saturated heterocycles. The van der Waals surface area contributed by atoms with E-state index in [0.717, 1.165) is 18.7 Å². The van der Waals surface area contributed by atoms with Gasteiger partial charge in [0.05, 0.1) is 5.69 Å². The minimum atomic E-state index is 0.338. The van der Waals surface area contributed by atoms with Crippen LogP contribution in [0.2, 0.25) is 0 Å². The van der Waals surface area contributed by atoms with Gasteiger partial charge in [-0.3, -0.25) is 4.98 Å². The van der Waals surface area contributed by atoms with Crippen LogP contribution in [-0.2, 0) is 6.54 Å². The second-order valence-corrected chi connectivity index (χ2v) is 5.21. The van der Waals surface area contributed by atoms with Crippen molar-refractivity contribution in [3.63, 3.8) is 0 Å². The van der Waals surface area contributed by atoms with Crippen molar-refractivity contribution in [1.82, 2.24) is 4.98 Å². The van der Waals surface area contributed by atoms with Crippen molar-refractivity contribution in [2.75, 3.05) is 11.4 Å². The third-order valence-electron chi connectivity index (χ3n) is 3.20. The van der Waals surface area contributed by atoms with Gasteiger partial charge in [-0.1, -0.05) is 24.4 Å². The highest BCUT2D eigenvalue weighted by atomic mass is 32.1. The van der Waals surface area contributed by atoms with E-state index in [0.29, 0.717) is 10.7 Å². The molecule has 0 amide bonds. The molecule has 20 heavy (non-hydrogen) atoms. The Morgan fingerprint density at radius 3 is 2.75 bits per heavy atom. The zero-order valence-electron chi connectivity index (χ0n) is 11.8. The van der Waals surface area contributed by atoms with Crippen molar-refractivity contribution in [1.29, 1.82) is 0 Å². The lowest BCUT2D eigenvalue weighted by atomic mass is 10.1. The monoisotopic (exact) mass is 285 g/mol. The Bertz CT molecular complexity index is 610. The molecule has 1 aromatic carbocycles. The fraction of sp³-hybridized carbons (Fsp3) is 0.250. The van der Waals surface area contributed by atoms with Crippen LogP contribution in [-0.4, -0.2) is 16.5 Å². The minimum Gasteiger partial charge on any atom is -0.388 e. The van der Waals surface area contributed by atoms with Gasteiger partial charge < -0.3 is 10.6 Å². The minimum absolute atomic E-state index is 0.338. The number of hydrogen-bond acceptors (Lipinski definition) is 3. The molecular formula is C16H19N3S. The maximum atomic E-state index is 5.63. The number of aromatic nitrogens is 1. The number of anilines is 1. The first-order valence-corrected chi connectivity index (χ1v) is 7.07. The largest absolute Gasteiger partial charge is 0.388 e. The van der Waals surface area contributed by atoms with Crippen LogP contribution in [0.1, 0.15) is 23.7 Å². The van der Waals surface area contributed by atoms with Crippen molar-refractivity contribution < 1.29 is 0 Å². The number of rotatable bonds is 5. The summed E-state index contributed by atoms with van der Waals surface area (Å²) in [6.45, 7) is 6.01. The molecule has 2 rings (SSSR count). The van der Waals surface area contributed by atoms with Gasteiger partial charge in [-0.25, -0.2) is 0 Å². The molecule has 0 aliphatic heterocycles. The number of benzene rings is 1. The molecule has 0 radical (unpaired) electrons. The predicted molar refractivity (Wildman–Crippen MR) is 88.0 cm³/mol. The summed E-state index contributed by atoms with van der Waals surface area (Å²) in [6, 6.07) is 12.5. The van der Waals surface area contributed by atoms with Gasteiger partial charge in [-0.05, 0) is 49.2 Å². The molecule has 0 spiro atoms. The maximum Gasteiger partial charge on any atom is 0.122 e. The first-order chi connectivity index (χ1) is 9.60. The lowest BCUT2D eigenvalue weighted by Gasteiger charge is -2.23. The Hall–Kier alpha value is -1.94. The number of thiocarbonyl (C=S) groups is 1. The Labute approximate surface area is 125 Å². The van der Waals surface area contributed by atoms with E-state index in [1.165, 1.54) is 11.3 Å². The lowest BCUT2D eigenvalue weighted by Crippen LogP contribution is -2.22. The van der Waals surface area contributed by atoms with Gasteiger partial charge in [0, 0.05) is 25.0 Å². The third-order valence-corrected chi connectivity index (χ3v) is 3.41. The average molecular weight is 285 g/mol. The molecule has 0 saturated carbocycles. The Kier molecular flexibility index (Phi) is 4.69. The fourth-order valence-corrected chi connectivity index (χ4v) is 2.25. The second-order valence-electron chi connectivity index (χ2n) is 4.77. The van der Waals surface area contributed by atoms with Crippen LogP contribution in [0.4, 0.5) is 5.69 Å². The summed E-state index contributed by atoms with van der Waals surface area (Å²) in [4.78, 5) is 6.82. The highest BCUT2D eigenvalue weighted by Crippen LogP contribution is 2.18. The summed E-state index contributed by atoms with van der Waals surface area (Å²) in [6.07, 6.45) is 1.76. The molecular weight excluding hydrogens is 266 g/mol. The summed E-state index contributed by atoms with van der Waals surface area (Å²) in [5, 5.41) is 0. The van der Waals surface area contributed by atoms with E-state index in [9.17, 15) is 0 Å². The number of aryl methyl sites for hydroxylation is 1. The molecule has 0 aliphatic carbocycles. The Balaban J connectivity index is 2.22. The molecule has 1 heterocycles. The molecule has 3 nitrogen and oxygen atoms in total. The van der Waals surface area contributed by atoms with Gasteiger partial charge in [0.25, 0.3) is 0 Å². The van der Waals surface area contributed by atoms with Crippen LogP contribution in [0, 0.1) is 6.92 Å². The van der Waals surface area contributed by atoms with E-state index < -0.39 is 0 Å². The van der Waals surface area contributed by atoms with E-state index in [1.807, 2.05) is 12.1 Å². The molecule has 2 N–H and O–H groups in total. The molecule has 104 valence electrons. The zero-order valence-corrected chi connectivity index (χ0v) is 12.7. The number of nitrogens with two attached hydrogens (primary N) is 1. The smallest absolute Gasteiger partial charge is 0.122 e. The highest BCUT2D eigenvalue weighted by molar-refractivity contribution is 7.80. The summed E-state index contributed by atoms with van der Waals surface area (Å²) in [7, 11) is 0. The second kappa shape index (κ2) is 6.48. The van der Waals surface area contributed by atoms with Crippen LogP contribution in [0.3, 0.4) is 0 Å². The fourth-order valence-electron chi connectivity index (χ4n) is 2.14. The highest BCUT2D eigenvalue weighted by Gasteiger charge is 2.07. The van der Waals surface area contributed by atoms with Gasteiger partial charge in [0.2, 0.25) is 0 Å². The number of nitrogens with zero attached hydrogens (tertiary/aromatic N) is 2. The van der Waals surface area contributed by atoms with E-state index in [1.54, 1.807) is 6.20 Å². The SMILES string of the molecule is CCN(Cc1ccnc(C(N)=S)c1)c1cccc(C)c1. The van der Waals surface area contributed by atoms with Crippen molar-refractivity contribution in [2.24, 2.45) is 5.73 Å². The quantitative estimate of drug-likeness (QED) is 0.857. The van der Waals surface area contributed by atoms with Crippen molar-refractivity contribution >= 4 is 22.9 Å². The number of pyridine rings is 1. The summed E-state index contributed by atoms with van der Waals surface area (Å²) in [5.74, 6) is 0. The summed E-state index contributed by atoms with van der Waals surface area (Å²) in [5.41, 5.74) is 9.96. The molecule has 4 heteroatoms. The van der Waals surface area contributed by atoms with Gasteiger partial charge in [-0.2, -0.15) is 0 Å². The van der Waals surface area contributed by atoms with E-state index in [4.69, 9.17) is 18.0 Å². The topological polar surface area (TPSA) is 42.2 Å². The predicted octanol–water partition coefficient (Wildman–Crippen LogP) is 3.05. The Morgan fingerprint density at radius 2 is 2.10 bits per heavy atom. The van der Waals surface area contributed by atoms with Gasteiger partial charge in [-0.15, -0.1) is 0 Å². The third kappa shape index (κ3) is 3.54. The van der Waals surface area contributed by atoms with Crippen LogP contribution in [0.25, 0.3) is 0 Å². The van der Waals surface area contributed by atoms with Crippen LogP contribution in [0.15, 0.2) is 42.6 Å². The summed E-state index contributed by atoms with van der Waals surface area (Å²) < 4.78 is 0. The molecule has 2 aromatic rings. The molecule has 0 aliphatic rings. The first-order valence-electron chi connectivity index (χ1n) is 6.66. The van der Waals surface area contributed by atoms with Gasteiger partial charge >= 0.3 is 0 Å². The number of hydrogen-bond donors (Lipinski definition) is 1. The first kappa shape index (κ1) is 14.5. The van der Waals surface area contributed by atoms with Crippen molar-refractivity contribution in [2.45, 2.75) is 20.4 Å². The van der Waals surface area contributed by atoms with Crippen LogP contribution in [0.5, 0.6) is 0 Å². The molecule has 1 aromatic heterocycles. The van der Waals surface area contributed by atoms with Gasteiger partial charge in [0.1, 0.15) is 4.99 Å². The molecule has 0 unspecified atom stereocenters. The summed E-state index contributed by atoms with van der Waals surface area (Å²) >= 11 is 4.98. The lowest BCUT2D eigenvalue weighted by molar-refractivity contribution is 0.829. The van der Waals surface area contributed by atoms with E-state index in [2.05, 4.69) is 48.0 Å².